The number of nitrogens with one attached hydrogen (secondary N) is 2. The Bertz CT molecular complexity index is 584. The SMILES string of the molecule is C[C@@H](NC(=O)C(=O)NC[C@@H]1COC2(CCCC2)O1)c1ccccc1. The highest BCUT2D eigenvalue weighted by atomic mass is 16.7. The zero-order valence-corrected chi connectivity index (χ0v) is 13.9. The van der Waals surface area contributed by atoms with E-state index in [9.17, 15) is 9.59 Å². The van der Waals surface area contributed by atoms with Gasteiger partial charge in [0.2, 0.25) is 0 Å². The maximum Gasteiger partial charge on any atom is 0.309 e. The van der Waals surface area contributed by atoms with Crippen LogP contribution in [0.2, 0.25) is 0 Å². The first kappa shape index (κ1) is 16.9. The van der Waals surface area contributed by atoms with E-state index >= 15 is 0 Å². The van der Waals surface area contributed by atoms with E-state index in [2.05, 4.69) is 10.6 Å². The number of benzene rings is 1. The van der Waals surface area contributed by atoms with Crippen LogP contribution >= 0.6 is 0 Å². The lowest BCUT2D eigenvalue weighted by Gasteiger charge is -2.22. The van der Waals surface area contributed by atoms with Gasteiger partial charge in [-0.05, 0) is 25.3 Å². The molecule has 1 aliphatic heterocycles. The van der Waals surface area contributed by atoms with E-state index in [0.29, 0.717) is 6.61 Å². The molecule has 1 aromatic carbocycles. The fourth-order valence-corrected chi connectivity index (χ4v) is 3.27. The van der Waals surface area contributed by atoms with E-state index in [-0.39, 0.29) is 18.7 Å². The second kappa shape index (κ2) is 7.32. The number of hydrogen-bond donors (Lipinski definition) is 2. The third-order valence-electron chi connectivity index (χ3n) is 4.62. The number of amides is 2. The van der Waals surface area contributed by atoms with Gasteiger partial charge in [0.05, 0.1) is 12.6 Å². The van der Waals surface area contributed by atoms with Gasteiger partial charge >= 0.3 is 11.8 Å². The van der Waals surface area contributed by atoms with Gasteiger partial charge in [0.25, 0.3) is 0 Å². The molecule has 130 valence electrons. The molecule has 2 amide bonds. The summed E-state index contributed by atoms with van der Waals surface area (Å²) in [4.78, 5) is 23.9. The smallest absolute Gasteiger partial charge is 0.309 e. The maximum absolute atomic E-state index is 12.0. The molecule has 6 heteroatoms. The third kappa shape index (κ3) is 3.94. The van der Waals surface area contributed by atoms with E-state index < -0.39 is 17.6 Å². The van der Waals surface area contributed by atoms with Crippen molar-refractivity contribution in [2.24, 2.45) is 0 Å². The molecule has 2 aliphatic rings. The molecular weight excluding hydrogens is 308 g/mol. The van der Waals surface area contributed by atoms with E-state index in [1.165, 1.54) is 0 Å². The molecule has 0 radical (unpaired) electrons. The average Bonchev–Trinajstić information content (AvgIpc) is 3.23. The van der Waals surface area contributed by atoms with Crippen molar-refractivity contribution < 1.29 is 19.1 Å². The molecule has 3 rings (SSSR count). The molecule has 1 saturated carbocycles. The minimum atomic E-state index is -0.645. The molecule has 0 unspecified atom stereocenters. The largest absolute Gasteiger partial charge is 0.347 e. The number of ether oxygens (including phenoxy) is 2. The van der Waals surface area contributed by atoms with Crippen molar-refractivity contribution in [2.75, 3.05) is 13.2 Å². The summed E-state index contributed by atoms with van der Waals surface area (Å²) in [6.07, 6.45) is 3.85. The zero-order valence-electron chi connectivity index (χ0n) is 13.9. The van der Waals surface area contributed by atoms with Gasteiger partial charge in [0.15, 0.2) is 5.79 Å². The van der Waals surface area contributed by atoms with Gasteiger partial charge in [-0.15, -0.1) is 0 Å². The number of carbonyl (C=O) groups is 2. The van der Waals surface area contributed by atoms with E-state index in [1.807, 2.05) is 37.3 Å². The maximum atomic E-state index is 12.0. The predicted octanol–water partition coefficient (Wildman–Crippen LogP) is 1.67. The lowest BCUT2D eigenvalue weighted by Crippen LogP contribution is -2.44. The molecule has 0 bridgehead atoms. The van der Waals surface area contributed by atoms with Gasteiger partial charge in [0.1, 0.15) is 6.10 Å². The Labute approximate surface area is 141 Å². The van der Waals surface area contributed by atoms with Crippen molar-refractivity contribution in [3.05, 3.63) is 35.9 Å². The van der Waals surface area contributed by atoms with Crippen LogP contribution in [0.25, 0.3) is 0 Å². The molecule has 0 aromatic heterocycles. The second-order valence-electron chi connectivity index (χ2n) is 6.48. The van der Waals surface area contributed by atoms with Crippen molar-refractivity contribution in [3.8, 4) is 0 Å². The number of hydrogen-bond acceptors (Lipinski definition) is 4. The third-order valence-corrected chi connectivity index (χ3v) is 4.62. The Hall–Kier alpha value is -1.92. The second-order valence-corrected chi connectivity index (χ2v) is 6.48. The summed E-state index contributed by atoms with van der Waals surface area (Å²) in [6, 6.07) is 9.30. The molecule has 2 fully saturated rings. The molecule has 24 heavy (non-hydrogen) atoms. The molecular formula is C18H24N2O4. The fraction of sp³-hybridized carbons (Fsp3) is 0.556. The fourth-order valence-electron chi connectivity index (χ4n) is 3.27. The molecule has 6 nitrogen and oxygen atoms in total. The van der Waals surface area contributed by atoms with Gasteiger partial charge in [-0.25, -0.2) is 0 Å². The molecule has 1 aliphatic carbocycles. The summed E-state index contributed by atoms with van der Waals surface area (Å²) in [7, 11) is 0. The first-order valence-electron chi connectivity index (χ1n) is 8.53. The molecule has 2 atom stereocenters. The van der Waals surface area contributed by atoms with Crippen LogP contribution in [-0.2, 0) is 19.1 Å². The Morgan fingerprint density at radius 1 is 1.21 bits per heavy atom. The van der Waals surface area contributed by atoms with Crippen LogP contribution in [0, 0.1) is 0 Å². The van der Waals surface area contributed by atoms with Crippen LogP contribution < -0.4 is 10.6 Å². The molecule has 2 N–H and O–H groups in total. The van der Waals surface area contributed by atoms with Crippen molar-refractivity contribution in [1.82, 2.24) is 10.6 Å². The van der Waals surface area contributed by atoms with E-state index in [4.69, 9.17) is 9.47 Å². The average molecular weight is 332 g/mol. The summed E-state index contributed by atoms with van der Waals surface area (Å²) in [5, 5.41) is 5.33. The Kier molecular flexibility index (Phi) is 5.16. The van der Waals surface area contributed by atoms with E-state index in [0.717, 1.165) is 31.2 Å². The van der Waals surface area contributed by atoms with Crippen LogP contribution in [0.1, 0.15) is 44.2 Å². The monoisotopic (exact) mass is 332 g/mol. The summed E-state index contributed by atoms with van der Waals surface area (Å²) in [5.41, 5.74) is 0.953. The van der Waals surface area contributed by atoms with Crippen LogP contribution in [0.3, 0.4) is 0 Å². The van der Waals surface area contributed by atoms with Crippen LogP contribution in [0.5, 0.6) is 0 Å². The molecule has 1 heterocycles. The first-order chi connectivity index (χ1) is 11.6. The molecule has 1 aromatic rings. The standard InChI is InChI=1S/C18H24N2O4/c1-13(14-7-3-2-4-8-14)20-17(22)16(21)19-11-15-12-23-18(24-15)9-5-6-10-18/h2-4,7-8,13,15H,5-6,9-12H2,1H3,(H,19,21)(H,20,22)/t13-,15-/m1/s1. The normalized spacial score (nSPS) is 23.1. The van der Waals surface area contributed by atoms with Crippen molar-refractivity contribution in [1.29, 1.82) is 0 Å². The first-order valence-corrected chi connectivity index (χ1v) is 8.53. The summed E-state index contributed by atoms with van der Waals surface area (Å²) in [6.45, 7) is 2.59. The van der Waals surface area contributed by atoms with Crippen LogP contribution in [-0.4, -0.2) is 36.9 Å². The highest BCUT2D eigenvalue weighted by Gasteiger charge is 2.43. The highest BCUT2D eigenvalue weighted by molar-refractivity contribution is 6.35. The van der Waals surface area contributed by atoms with Gasteiger partial charge in [0, 0.05) is 19.4 Å². The Morgan fingerprint density at radius 2 is 1.92 bits per heavy atom. The minimum absolute atomic E-state index is 0.189. The predicted molar refractivity (Wildman–Crippen MR) is 88.0 cm³/mol. The van der Waals surface area contributed by atoms with Crippen molar-refractivity contribution >= 4 is 11.8 Å². The molecule has 1 spiro atoms. The Morgan fingerprint density at radius 3 is 2.62 bits per heavy atom. The van der Waals surface area contributed by atoms with Gasteiger partial charge in [-0.2, -0.15) is 0 Å². The van der Waals surface area contributed by atoms with Gasteiger partial charge < -0.3 is 20.1 Å². The lowest BCUT2D eigenvalue weighted by molar-refractivity contribution is -0.161. The van der Waals surface area contributed by atoms with Gasteiger partial charge in [-0.3, -0.25) is 9.59 Å². The zero-order chi connectivity index (χ0) is 17.0. The lowest BCUT2D eigenvalue weighted by atomic mass is 10.1. The van der Waals surface area contributed by atoms with Crippen molar-refractivity contribution in [3.63, 3.8) is 0 Å². The Balaban J connectivity index is 1.42. The highest BCUT2D eigenvalue weighted by Crippen LogP contribution is 2.38. The van der Waals surface area contributed by atoms with Crippen LogP contribution in [0.4, 0.5) is 0 Å². The van der Waals surface area contributed by atoms with Gasteiger partial charge in [-0.1, -0.05) is 30.3 Å². The molecule has 1 saturated heterocycles. The summed E-state index contributed by atoms with van der Waals surface area (Å²) in [5.74, 6) is -1.73. The van der Waals surface area contributed by atoms with Crippen molar-refractivity contribution in [2.45, 2.75) is 50.5 Å². The summed E-state index contributed by atoms with van der Waals surface area (Å²) < 4.78 is 11.7. The quantitative estimate of drug-likeness (QED) is 0.822. The van der Waals surface area contributed by atoms with Crippen LogP contribution in [0.15, 0.2) is 30.3 Å². The minimum Gasteiger partial charge on any atom is -0.347 e. The topological polar surface area (TPSA) is 76.7 Å². The summed E-state index contributed by atoms with van der Waals surface area (Å²) >= 11 is 0. The number of carbonyl (C=O) groups excluding carboxylic acids is 2. The number of rotatable bonds is 4. The van der Waals surface area contributed by atoms with E-state index in [1.54, 1.807) is 0 Å².